The van der Waals surface area contributed by atoms with Crippen molar-refractivity contribution in [2.45, 2.75) is 25.3 Å². The van der Waals surface area contributed by atoms with Gasteiger partial charge in [0.05, 0.1) is 0 Å². The molecule has 2 fully saturated rings. The van der Waals surface area contributed by atoms with Gasteiger partial charge in [-0.15, -0.1) is 0 Å². The van der Waals surface area contributed by atoms with Gasteiger partial charge >= 0.3 is 0 Å². The molecule has 80 valence electrons. The van der Waals surface area contributed by atoms with Crippen LogP contribution in [-0.2, 0) is 4.79 Å². The molecule has 2 heterocycles. The Morgan fingerprint density at radius 2 is 2.21 bits per heavy atom. The standard InChI is InChI=1S/C11H20N2O/c1-12(2)8-10-4-3-9-7-13(10)6-5-11(9)14/h9-10H,3-8H2,1-2H3/t9-,10-/m0/s1. The van der Waals surface area contributed by atoms with Gasteiger partial charge in [0.2, 0.25) is 0 Å². The van der Waals surface area contributed by atoms with E-state index in [1.807, 2.05) is 0 Å². The molecule has 0 aliphatic carbocycles. The second-order valence-electron chi connectivity index (χ2n) is 4.90. The molecule has 0 aromatic rings. The Bertz CT molecular complexity index is 227. The van der Waals surface area contributed by atoms with Crippen LogP contribution in [-0.4, -0.2) is 55.4 Å². The van der Waals surface area contributed by atoms with Gasteiger partial charge in [0.15, 0.2) is 0 Å². The number of fused-ring (bicyclic) bond motifs is 2. The molecule has 3 atom stereocenters. The average Bonchev–Trinajstić information content (AvgIpc) is 2.14. The molecule has 0 aromatic heterocycles. The molecular weight excluding hydrogens is 176 g/mol. The molecule has 0 aromatic carbocycles. The number of carbonyl (C=O) groups excluding carboxylic acids is 1. The molecule has 0 saturated carbocycles. The van der Waals surface area contributed by atoms with Crippen LogP contribution in [0.2, 0.25) is 0 Å². The van der Waals surface area contributed by atoms with Gasteiger partial charge in [-0.1, -0.05) is 0 Å². The Hall–Kier alpha value is -0.410. The van der Waals surface area contributed by atoms with Crippen LogP contribution in [0.15, 0.2) is 0 Å². The molecule has 2 aliphatic rings. The molecule has 1 unspecified atom stereocenters. The van der Waals surface area contributed by atoms with Crippen molar-refractivity contribution in [3.05, 3.63) is 0 Å². The summed E-state index contributed by atoms with van der Waals surface area (Å²) in [4.78, 5) is 16.3. The Morgan fingerprint density at radius 3 is 2.93 bits per heavy atom. The summed E-state index contributed by atoms with van der Waals surface area (Å²) in [6.07, 6.45) is 3.11. The largest absolute Gasteiger partial charge is 0.308 e. The highest BCUT2D eigenvalue weighted by Crippen LogP contribution is 2.27. The monoisotopic (exact) mass is 196 g/mol. The zero-order valence-corrected chi connectivity index (χ0v) is 9.20. The van der Waals surface area contributed by atoms with E-state index in [0.717, 1.165) is 32.5 Å². The van der Waals surface area contributed by atoms with Crippen LogP contribution in [0.4, 0.5) is 0 Å². The zero-order valence-electron chi connectivity index (χ0n) is 9.20. The maximum atomic E-state index is 11.5. The van der Waals surface area contributed by atoms with Gasteiger partial charge in [-0.3, -0.25) is 9.69 Å². The van der Waals surface area contributed by atoms with E-state index in [0.29, 0.717) is 17.7 Å². The lowest BCUT2D eigenvalue weighted by Crippen LogP contribution is -2.53. The number of nitrogens with zero attached hydrogens (tertiary/aromatic N) is 2. The first-order chi connectivity index (χ1) is 6.66. The lowest BCUT2D eigenvalue weighted by Gasteiger charge is -2.43. The third kappa shape index (κ3) is 1.98. The van der Waals surface area contributed by atoms with E-state index in [1.165, 1.54) is 6.42 Å². The van der Waals surface area contributed by atoms with Crippen molar-refractivity contribution >= 4 is 5.78 Å². The summed E-state index contributed by atoms with van der Waals surface area (Å²) in [5.41, 5.74) is 0. The average molecular weight is 196 g/mol. The fraction of sp³-hybridized carbons (Fsp3) is 0.909. The van der Waals surface area contributed by atoms with E-state index >= 15 is 0 Å². The molecule has 3 heteroatoms. The number of carbonyl (C=O) groups is 1. The molecule has 0 spiro atoms. The molecule has 2 bridgehead atoms. The second-order valence-corrected chi connectivity index (χ2v) is 4.90. The van der Waals surface area contributed by atoms with Gasteiger partial charge in [-0.05, 0) is 26.9 Å². The minimum Gasteiger partial charge on any atom is -0.308 e. The topological polar surface area (TPSA) is 23.6 Å². The highest BCUT2D eigenvalue weighted by molar-refractivity contribution is 5.82. The van der Waals surface area contributed by atoms with Crippen molar-refractivity contribution in [2.75, 3.05) is 33.7 Å². The predicted octanol–water partition coefficient (Wildman–Crippen LogP) is 0.601. The van der Waals surface area contributed by atoms with Crippen LogP contribution in [0, 0.1) is 5.92 Å². The number of hydrogen-bond acceptors (Lipinski definition) is 3. The Morgan fingerprint density at radius 1 is 1.43 bits per heavy atom. The van der Waals surface area contributed by atoms with Gasteiger partial charge in [-0.2, -0.15) is 0 Å². The lowest BCUT2D eigenvalue weighted by atomic mass is 9.84. The first-order valence-corrected chi connectivity index (χ1v) is 5.58. The van der Waals surface area contributed by atoms with Crippen molar-refractivity contribution in [1.29, 1.82) is 0 Å². The van der Waals surface area contributed by atoms with Crippen LogP contribution >= 0.6 is 0 Å². The number of hydrogen-bond donors (Lipinski definition) is 0. The molecule has 0 amide bonds. The van der Waals surface area contributed by atoms with E-state index in [1.54, 1.807) is 0 Å². The molecule has 2 aliphatic heterocycles. The van der Waals surface area contributed by atoms with Gasteiger partial charge < -0.3 is 4.90 Å². The Kier molecular flexibility index (Phi) is 2.88. The SMILES string of the molecule is CN(C)C[C@@H]1CC[C@H]2CN1CCC2=O. The third-order valence-corrected chi connectivity index (χ3v) is 3.50. The molecule has 2 saturated heterocycles. The number of rotatable bonds is 2. The smallest absolute Gasteiger partial charge is 0.138 e. The van der Waals surface area contributed by atoms with Crippen molar-refractivity contribution in [1.82, 2.24) is 9.80 Å². The fourth-order valence-electron chi connectivity index (χ4n) is 2.72. The van der Waals surface area contributed by atoms with Gasteiger partial charge in [0.1, 0.15) is 5.78 Å². The van der Waals surface area contributed by atoms with Crippen LogP contribution in [0.3, 0.4) is 0 Å². The van der Waals surface area contributed by atoms with Crippen molar-refractivity contribution in [2.24, 2.45) is 5.92 Å². The fourth-order valence-corrected chi connectivity index (χ4v) is 2.72. The quantitative estimate of drug-likeness (QED) is 0.646. The van der Waals surface area contributed by atoms with E-state index in [-0.39, 0.29) is 0 Å². The van der Waals surface area contributed by atoms with Gasteiger partial charge in [-0.25, -0.2) is 0 Å². The summed E-state index contributed by atoms with van der Waals surface area (Å²) in [5, 5.41) is 0. The summed E-state index contributed by atoms with van der Waals surface area (Å²) in [7, 11) is 4.25. The van der Waals surface area contributed by atoms with E-state index in [4.69, 9.17) is 0 Å². The first-order valence-electron chi connectivity index (χ1n) is 5.58. The van der Waals surface area contributed by atoms with Gasteiger partial charge in [0, 0.05) is 38.0 Å². The summed E-state index contributed by atoms with van der Waals surface area (Å²) in [6.45, 7) is 3.16. The van der Waals surface area contributed by atoms with Crippen LogP contribution in [0.25, 0.3) is 0 Å². The summed E-state index contributed by atoms with van der Waals surface area (Å²) < 4.78 is 0. The number of ketones is 1. The molecule has 3 nitrogen and oxygen atoms in total. The second kappa shape index (κ2) is 3.99. The summed E-state index contributed by atoms with van der Waals surface area (Å²) in [5.74, 6) is 0.867. The normalized spacial score (nSPS) is 37.6. The molecule has 0 N–H and O–H groups in total. The first kappa shape index (κ1) is 10.1. The predicted molar refractivity (Wildman–Crippen MR) is 56.3 cm³/mol. The number of likely N-dealkylation sites (N-methyl/N-ethyl adjacent to an activating group) is 1. The zero-order chi connectivity index (χ0) is 10.1. The number of Topliss-reactive ketones (excluding diaryl/α,β-unsaturated/α-hetero) is 1. The number of piperidine rings is 2. The summed E-state index contributed by atoms with van der Waals surface area (Å²) >= 11 is 0. The van der Waals surface area contributed by atoms with E-state index in [9.17, 15) is 4.79 Å². The Labute approximate surface area is 86.1 Å². The lowest BCUT2D eigenvalue weighted by molar-refractivity contribution is -0.129. The van der Waals surface area contributed by atoms with E-state index in [2.05, 4.69) is 23.9 Å². The van der Waals surface area contributed by atoms with Crippen molar-refractivity contribution in [3.8, 4) is 0 Å². The van der Waals surface area contributed by atoms with E-state index < -0.39 is 0 Å². The van der Waals surface area contributed by atoms with Crippen LogP contribution in [0.5, 0.6) is 0 Å². The van der Waals surface area contributed by atoms with Gasteiger partial charge in [0.25, 0.3) is 0 Å². The highest BCUT2D eigenvalue weighted by Gasteiger charge is 2.35. The molecule has 2 rings (SSSR count). The van der Waals surface area contributed by atoms with Crippen LogP contribution < -0.4 is 0 Å². The minimum atomic E-state index is 0.363. The van der Waals surface area contributed by atoms with Crippen LogP contribution in [0.1, 0.15) is 19.3 Å². The Balaban J connectivity index is 1.95. The molecule has 14 heavy (non-hydrogen) atoms. The highest BCUT2D eigenvalue weighted by atomic mass is 16.1. The molecular formula is C11H20N2O. The maximum Gasteiger partial charge on any atom is 0.138 e. The maximum absolute atomic E-state index is 11.5. The molecule has 0 radical (unpaired) electrons. The third-order valence-electron chi connectivity index (χ3n) is 3.50. The minimum absolute atomic E-state index is 0.363. The summed E-state index contributed by atoms with van der Waals surface area (Å²) in [6, 6.07) is 0.689. The van der Waals surface area contributed by atoms with Crippen molar-refractivity contribution < 1.29 is 4.79 Å². The van der Waals surface area contributed by atoms with Crippen molar-refractivity contribution in [3.63, 3.8) is 0 Å².